The molecule has 1 aliphatic heterocycles. The Morgan fingerprint density at radius 1 is 1.47 bits per heavy atom. The number of likely N-dealkylation sites (tertiary alicyclic amines) is 1. The van der Waals surface area contributed by atoms with Crippen LogP contribution in [0.25, 0.3) is 0 Å². The van der Waals surface area contributed by atoms with E-state index in [-0.39, 0.29) is 6.54 Å². The molecule has 4 heteroatoms. The topological polar surface area (TPSA) is 60.8 Å². The van der Waals surface area contributed by atoms with Crippen LogP contribution in [0.15, 0.2) is 0 Å². The molecule has 4 nitrogen and oxygen atoms in total. The van der Waals surface area contributed by atoms with Crippen LogP contribution in [0.1, 0.15) is 39.5 Å². The molecule has 0 saturated carbocycles. The molecule has 15 heavy (non-hydrogen) atoms. The minimum absolute atomic E-state index is 0.226. The second-order valence-corrected chi connectivity index (χ2v) is 4.75. The molecule has 0 aromatic heterocycles. The highest BCUT2D eigenvalue weighted by Gasteiger charge is 2.33. The van der Waals surface area contributed by atoms with Crippen LogP contribution in [-0.2, 0) is 4.79 Å². The van der Waals surface area contributed by atoms with E-state index in [1.54, 1.807) is 0 Å². The van der Waals surface area contributed by atoms with Gasteiger partial charge in [-0.2, -0.15) is 0 Å². The quantitative estimate of drug-likeness (QED) is 0.739. The molecule has 1 rings (SSSR count). The van der Waals surface area contributed by atoms with Gasteiger partial charge in [-0.3, -0.25) is 4.90 Å². The number of carboxylic acids is 1. The molecular weight excluding hydrogens is 194 g/mol. The number of hydrogen-bond donors (Lipinski definition) is 2. The lowest BCUT2D eigenvalue weighted by Crippen LogP contribution is -2.49. The molecule has 0 amide bonds. The van der Waals surface area contributed by atoms with E-state index < -0.39 is 11.6 Å². The van der Waals surface area contributed by atoms with Crippen molar-refractivity contribution in [3.63, 3.8) is 0 Å². The first-order chi connectivity index (χ1) is 6.93. The molecule has 1 saturated heterocycles. The van der Waals surface area contributed by atoms with Gasteiger partial charge in [0.15, 0.2) is 5.60 Å². The Balaban J connectivity index is 2.58. The fourth-order valence-electron chi connectivity index (χ4n) is 2.03. The molecular formula is C11H21NO3. The third kappa shape index (κ3) is 3.47. The van der Waals surface area contributed by atoms with Crippen molar-refractivity contribution in [1.82, 2.24) is 4.90 Å². The van der Waals surface area contributed by atoms with Crippen LogP contribution in [0, 0.1) is 0 Å². The van der Waals surface area contributed by atoms with Crippen LogP contribution in [0.3, 0.4) is 0 Å². The second-order valence-electron chi connectivity index (χ2n) is 4.75. The lowest BCUT2D eigenvalue weighted by molar-refractivity contribution is -0.158. The summed E-state index contributed by atoms with van der Waals surface area (Å²) in [6.45, 7) is 4.59. The Bertz CT molecular complexity index is 228. The number of β-amino-alcohol motifs (C(OH)–C–C–N with tert-alkyl or cyclic N) is 1. The maximum atomic E-state index is 10.8. The third-order valence-corrected chi connectivity index (χ3v) is 3.16. The fraction of sp³-hybridized carbons (Fsp3) is 0.909. The molecule has 2 atom stereocenters. The van der Waals surface area contributed by atoms with Gasteiger partial charge in [-0.25, -0.2) is 4.79 Å². The first-order valence-electron chi connectivity index (χ1n) is 5.63. The summed E-state index contributed by atoms with van der Waals surface area (Å²) >= 11 is 0. The normalized spacial score (nSPS) is 28.1. The van der Waals surface area contributed by atoms with Gasteiger partial charge in [-0.05, 0) is 33.2 Å². The van der Waals surface area contributed by atoms with Crippen LogP contribution in [0.2, 0.25) is 0 Å². The summed E-state index contributed by atoms with van der Waals surface area (Å²) in [4.78, 5) is 12.9. The van der Waals surface area contributed by atoms with Crippen LogP contribution >= 0.6 is 0 Å². The first kappa shape index (κ1) is 12.5. The number of rotatable bonds is 3. The van der Waals surface area contributed by atoms with Crippen molar-refractivity contribution >= 4 is 5.97 Å². The lowest BCUT2D eigenvalue weighted by atomic mass is 10.1. The molecule has 1 aliphatic rings. The SMILES string of the molecule is CC1CCCCCN1CC(C)(O)C(=O)O. The van der Waals surface area contributed by atoms with Crippen molar-refractivity contribution in [3.05, 3.63) is 0 Å². The highest BCUT2D eigenvalue weighted by atomic mass is 16.4. The predicted octanol–water partition coefficient (Wildman–Crippen LogP) is 1.09. The smallest absolute Gasteiger partial charge is 0.336 e. The molecule has 0 spiro atoms. The van der Waals surface area contributed by atoms with Crippen molar-refractivity contribution in [1.29, 1.82) is 0 Å². The van der Waals surface area contributed by atoms with E-state index in [0.717, 1.165) is 19.4 Å². The van der Waals surface area contributed by atoms with E-state index in [4.69, 9.17) is 5.11 Å². The monoisotopic (exact) mass is 215 g/mol. The molecule has 1 heterocycles. The standard InChI is InChI=1S/C11H21NO3/c1-9-6-4-3-5-7-12(9)8-11(2,15)10(13)14/h9,15H,3-8H2,1-2H3,(H,13,14). The first-order valence-corrected chi connectivity index (χ1v) is 5.63. The number of aliphatic carboxylic acids is 1. The van der Waals surface area contributed by atoms with E-state index in [0.29, 0.717) is 6.04 Å². The van der Waals surface area contributed by atoms with Crippen molar-refractivity contribution in [3.8, 4) is 0 Å². The van der Waals surface area contributed by atoms with Gasteiger partial charge < -0.3 is 10.2 Å². The Morgan fingerprint density at radius 2 is 2.13 bits per heavy atom. The zero-order valence-corrected chi connectivity index (χ0v) is 9.57. The van der Waals surface area contributed by atoms with Gasteiger partial charge in [-0.15, -0.1) is 0 Å². The largest absolute Gasteiger partial charge is 0.479 e. The molecule has 2 N–H and O–H groups in total. The van der Waals surface area contributed by atoms with Crippen molar-refractivity contribution in [2.24, 2.45) is 0 Å². The van der Waals surface area contributed by atoms with Crippen molar-refractivity contribution < 1.29 is 15.0 Å². The van der Waals surface area contributed by atoms with Crippen LogP contribution in [0.4, 0.5) is 0 Å². The van der Waals surface area contributed by atoms with Gasteiger partial charge in [0, 0.05) is 12.6 Å². The Labute approximate surface area is 90.9 Å². The minimum atomic E-state index is -1.63. The average molecular weight is 215 g/mol. The van der Waals surface area contributed by atoms with Crippen molar-refractivity contribution in [2.75, 3.05) is 13.1 Å². The molecule has 0 aromatic carbocycles. The Hall–Kier alpha value is -0.610. The molecule has 0 aromatic rings. The molecule has 2 unspecified atom stereocenters. The molecule has 0 radical (unpaired) electrons. The number of hydrogen-bond acceptors (Lipinski definition) is 3. The Kier molecular flexibility index (Phi) is 4.11. The summed E-state index contributed by atoms with van der Waals surface area (Å²) in [5, 5.41) is 18.6. The van der Waals surface area contributed by atoms with Crippen molar-refractivity contribution in [2.45, 2.75) is 51.2 Å². The second kappa shape index (κ2) is 4.94. The molecule has 0 bridgehead atoms. The van der Waals surface area contributed by atoms with Crippen LogP contribution < -0.4 is 0 Å². The summed E-state index contributed by atoms with van der Waals surface area (Å²) in [6, 6.07) is 0.373. The summed E-state index contributed by atoms with van der Waals surface area (Å²) in [7, 11) is 0. The van der Waals surface area contributed by atoms with Gasteiger partial charge in [0.25, 0.3) is 0 Å². The highest BCUT2D eigenvalue weighted by Crippen LogP contribution is 2.19. The van der Waals surface area contributed by atoms with E-state index in [2.05, 4.69) is 11.8 Å². The number of aliphatic hydroxyl groups is 1. The van der Waals surface area contributed by atoms with Gasteiger partial charge in [0.05, 0.1) is 0 Å². The summed E-state index contributed by atoms with van der Waals surface area (Å²) in [5.41, 5.74) is -1.63. The predicted molar refractivity (Wildman–Crippen MR) is 57.8 cm³/mol. The number of carbonyl (C=O) groups is 1. The van der Waals surface area contributed by atoms with Crippen LogP contribution in [0.5, 0.6) is 0 Å². The molecule has 0 aliphatic carbocycles. The van der Waals surface area contributed by atoms with Gasteiger partial charge in [0.2, 0.25) is 0 Å². The van der Waals surface area contributed by atoms with Gasteiger partial charge in [0.1, 0.15) is 0 Å². The molecule has 88 valence electrons. The van der Waals surface area contributed by atoms with E-state index >= 15 is 0 Å². The fourth-order valence-corrected chi connectivity index (χ4v) is 2.03. The highest BCUT2D eigenvalue weighted by molar-refractivity contribution is 5.76. The number of nitrogens with zero attached hydrogens (tertiary/aromatic N) is 1. The molecule has 1 fully saturated rings. The van der Waals surface area contributed by atoms with E-state index in [9.17, 15) is 9.90 Å². The summed E-state index contributed by atoms with van der Waals surface area (Å²) in [5.74, 6) is -1.14. The van der Waals surface area contributed by atoms with Gasteiger partial charge in [-0.1, -0.05) is 12.8 Å². The Morgan fingerprint density at radius 3 is 2.73 bits per heavy atom. The average Bonchev–Trinajstić information content (AvgIpc) is 2.31. The third-order valence-electron chi connectivity index (χ3n) is 3.16. The minimum Gasteiger partial charge on any atom is -0.479 e. The lowest BCUT2D eigenvalue weighted by Gasteiger charge is -2.32. The maximum absolute atomic E-state index is 10.8. The summed E-state index contributed by atoms with van der Waals surface area (Å²) in [6.07, 6.45) is 4.60. The van der Waals surface area contributed by atoms with Gasteiger partial charge >= 0.3 is 5.97 Å². The number of carboxylic acid groups (broad SMARTS) is 1. The zero-order chi connectivity index (χ0) is 11.5. The van der Waals surface area contributed by atoms with E-state index in [1.165, 1.54) is 19.8 Å². The zero-order valence-electron chi connectivity index (χ0n) is 9.57. The summed E-state index contributed by atoms with van der Waals surface area (Å²) < 4.78 is 0. The van der Waals surface area contributed by atoms with Crippen LogP contribution in [-0.4, -0.2) is 45.8 Å². The van der Waals surface area contributed by atoms with E-state index in [1.807, 2.05) is 0 Å². The maximum Gasteiger partial charge on any atom is 0.336 e.